The van der Waals surface area contributed by atoms with Gasteiger partial charge in [0.15, 0.2) is 0 Å². The van der Waals surface area contributed by atoms with Crippen LogP contribution in [0.25, 0.3) is 0 Å². The van der Waals surface area contributed by atoms with Crippen LogP contribution in [0.4, 0.5) is 13.6 Å². The summed E-state index contributed by atoms with van der Waals surface area (Å²) in [5.41, 5.74) is -0.169. The first-order valence-electron chi connectivity index (χ1n) is 9.34. The molecule has 0 aromatic carbocycles. The molecule has 2 aliphatic rings. The van der Waals surface area contributed by atoms with Crippen LogP contribution in [0.2, 0.25) is 0 Å². The van der Waals surface area contributed by atoms with E-state index >= 15 is 0 Å². The van der Waals surface area contributed by atoms with Crippen LogP contribution in [0.3, 0.4) is 0 Å². The third kappa shape index (κ3) is 4.57. The molecule has 2 amide bonds. The lowest BCUT2D eigenvalue weighted by atomic mass is 9.93. The summed E-state index contributed by atoms with van der Waals surface area (Å²) in [6.45, 7) is 5.48. The third-order valence-electron chi connectivity index (χ3n) is 4.74. The Morgan fingerprint density at radius 2 is 2.04 bits per heavy atom. The molecule has 0 saturated carbocycles. The topological polar surface area (TPSA) is 72.0 Å². The number of hydrogen-bond donors (Lipinski definition) is 0. The van der Waals surface area contributed by atoms with E-state index in [1.54, 1.807) is 20.8 Å². The van der Waals surface area contributed by atoms with Crippen molar-refractivity contribution < 1.29 is 27.9 Å². The number of rotatable bonds is 2. The van der Waals surface area contributed by atoms with E-state index in [2.05, 4.69) is 4.98 Å². The summed E-state index contributed by atoms with van der Waals surface area (Å²) < 4.78 is 33.5. The van der Waals surface area contributed by atoms with E-state index in [0.717, 1.165) is 11.3 Å². The Morgan fingerprint density at radius 3 is 2.68 bits per heavy atom. The second kappa shape index (κ2) is 7.98. The van der Waals surface area contributed by atoms with E-state index in [4.69, 9.17) is 9.57 Å². The molecule has 9 heteroatoms. The Labute approximate surface area is 162 Å². The molecule has 0 radical (unpaired) electrons. The first kappa shape index (κ1) is 20.4. The van der Waals surface area contributed by atoms with Crippen molar-refractivity contribution in [3.8, 4) is 0 Å². The number of aromatic nitrogens is 1. The van der Waals surface area contributed by atoms with Gasteiger partial charge in [-0.1, -0.05) is 0 Å². The molecular weight excluding hydrogens is 372 g/mol. The number of nitrogens with zero attached hydrogens (tertiary/aromatic N) is 3. The van der Waals surface area contributed by atoms with Crippen LogP contribution in [-0.2, 0) is 14.4 Å². The highest BCUT2D eigenvalue weighted by atomic mass is 19.1. The molecule has 0 unspecified atom stereocenters. The standard InChI is InChI=1S/C19H25F2N3O4/c1-19(2,3)28-18(26)23-6-4-14(15(21)11-23)17(25)24-16(5-7-27-24)12-8-13(20)10-22-9-12/h8-10,14-16H,4-7,11H2,1-3H3/t14-,15+,16+/m1/s1. The van der Waals surface area contributed by atoms with Crippen molar-refractivity contribution in [1.29, 1.82) is 0 Å². The highest BCUT2D eigenvalue weighted by Crippen LogP contribution is 2.34. The predicted octanol–water partition coefficient (Wildman–Crippen LogP) is 3.02. The number of hydrogen-bond acceptors (Lipinski definition) is 5. The molecule has 0 spiro atoms. The van der Waals surface area contributed by atoms with E-state index in [1.807, 2.05) is 0 Å². The minimum absolute atomic E-state index is 0.160. The van der Waals surface area contributed by atoms with Gasteiger partial charge >= 0.3 is 6.09 Å². The van der Waals surface area contributed by atoms with E-state index in [1.165, 1.54) is 17.2 Å². The van der Waals surface area contributed by atoms with Gasteiger partial charge in [-0.15, -0.1) is 0 Å². The van der Waals surface area contributed by atoms with Gasteiger partial charge in [0.1, 0.15) is 17.6 Å². The van der Waals surface area contributed by atoms with Crippen molar-refractivity contribution >= 4 is 12.0 Å². The Kier molecular flexibility index (Phi) is 5.83. The van der Waals surface area contributed by atoms with E-state index in [0.29, 0.717) is 12.0 Å². The quantitative estimate of drug-likeness (QED) is 0.767. The molecule has 0 aliphatic carbocycles. The molecule has 3 heterocycles. The molecule has 28 heavy (non-hydrogen) atoms. The smallest absolute Gasteiger partial charge is 0.410 e. The third-order valence-corrected chi connectivity index (χ3v) is 4.74. The summed E-state index contributed by atoms with van der Waals surface area (Å²) in [7, 11) is 0. The zero-order chi connectivity index (χ0) is 20.5. The molecule has 2 fully saturated rings. The van der Waals surface area contributed by atoms with Crippen LogP contribution in [0.1, 0.15) is 45.2 Å². The van der Waals surface area contributed by atoms with Gasteiger partial charge in [0, 0.05) is 19.2 Å². The minimum Gasteiger partial charge on any atom is -0.444 e. The number of alkyl halides is 1. The monoisotopic (exact) mass is 397 g/mol. The first-order valence-corrected chi connectivity index (χ1v) is 9.34. The van der Waals surface area contributed by atoms with Gasteiger partial charge in [0.25, 0.3) is 5.91 Å². The number of carbonyl (C=O) groups excluding carboxylic acids is 2. The molecule has 7 nitrogen and oxygen atoms in total. The molecule has 0 N–H and O–H groups in total. The Morgan fingerprint density at radius 1 is 1.29 bits per heavy atom. The van der Waals surface area contributed by atoms with Crippen molar-refractivity contribution in [3.05, 3.63) is 29.8 Å². The number of hydroxylamine groups is 2. The summed E-state index contributed by atoms with van der Waals surface area (Å²) in [6.07, 6.45) is 1.06. The summed E-state index contributed by atoms with van der Waals surface area (Å²) in [6, 6.07) is 0.789. The van der Waals surface area contributed by atoms with E-state index < -0.39 is 41.6 Å². The second-order valence-electron chi connectivity index (χ2n) is 8.08. The fraction of sp³-hybridized carbons (Fsp3) is 0.632. The predicted molar refractivity (Wildman–Crippen MR) is 95.2 cm³/mol. The average Bonchev–Trinajstić information content (AvgIpc) is 3.09. The Balaban J connectivity index is 1.65. The zero-order valence-electron chi connectivity index (χ0n) is 16.2. The van der Waals surface area contributed by atoms with Gasteiger partial charge in [-0.25, -0.2) is 18.6 Å². The van der Waals surface area contributed by atoms with Crippen molar-refractivity contribution in [2.45, 2.75) is 51.4 Å². The van der Waals surface area contributed by atoms with Crippen molar-refractivity contribution in [1.82, 2.24) is 14.9 Å². The number of carbonyl (C=O) groups is 2. The van der Waals surface area contributed by atoms with Crippen LogP contribution >= 0.6 is 0 Å². The van der Waals surface area contributed by atoms with Crippen molar-refractivity contribution in [2.75, 3.05) is 19.7 Å². The first-order chi connectivity index (χ1) is 13.2. The zero-order valence-corrected chi connectivity index (χ0v) is 16.2. The van der Waals surface area contributed by atoms with Gasteiger partial charge in [0.05, 0.1) is 31.3 Å². The maximum absolute atomic E-state index is 14.8. The highest BCUT2D eigenvalue weighted by molar-refractivity contribution is 5.80. The summed E-state index contributed by atoms with van der Waals surface area (Å²) in [5.74, 6) is -1.94. The number of amides is 2. The molecule has 2 aliphatic heterocycles. The van der Waals surface area contributed by atoms with Gasteiger partial charge in [0.2, 0.25) is 0 Å². The minimum atomic E-state index is -1.54. The maximum atomic E-state index is 14.8. The molecule has 154 valence electrons. The fourth-order valence-corrected chi connectivity index (χ4v) is 3.44. The van der Waals surface area contributed by atoms with Crippen LogP contribution in [-0.4, -0.2) is 58.4 Å². The van der Waals surface area contributed by atoms with Crippen LogP contribution in [0.5, 0.6) is 0 Å². The second-order valence-corrected chi connectivity index (χ2v) is 8.08. The number of halogens is 2. The molecule has 3 atom stereocenters. The summed E-state index contributed by atoms with van der Waals surface area (Å²) in [4.78, 5) is 35.5. The molecule has 2 saturated heterocycles. The van der Waals surface area contributed by atoms with E-state index in [9.17, 15) is 18.4 Å². The normalized spacial score (nSPS) is 25.7. The van der Waals surface area contributed by atoms with E-state index in [-0.39, 0.29) is 26.1 Å². The summed E-state index contributed by atoms with van der Waals surface area (Å²) in [5, 5.41) is 1.14. The Hall–Kier alpha value is -2.29. The number of piperidine rings is 1. The van der Waals surface area contributed by atoms with Crippen molar-refractivity contribution in [3.63, 3.8) is 0 Å². The maximum Gasteiger partial charge on any atom is 0.410 e. The number of likely N-dealkylation sites (tertiary alicyclic amines) is 1. The lowest BCUT2D eigenvalue weighted by Gasteiger charge is -2.36. The fourth-order valence-electron chi connectivity index (χ4n) is 3.44. The molecule has 3 rings (SSSR count). The van der Waals surface area contributed by atoms with Gasteiger partial charge in [-0.2, -0.15) is 0 Å². The summed E-state index contributed by atoms with van der Waals surface area (Å²) >= 11 is 0. The largest absolute Gasteiger partial charge is 0.444 e. The number of pyridine rings is 1. The highest BCUT2D eigenvalue weighted by Gasteiger charge is 2.43. The van der Waals surface area contributed by atoms with Crippen LogP contribution < -0.4 is 0 Å². The SMILES string of the molecule is CC(C)(C)OC(=O)N1CC[C@@H](C(=O)N2OCC[C@H]2c2cncc(F)c2)[C@@H](F)C1. The lowest BCUT2D eigenvalue weighted by molar-refractivity contribution is -0.185. The van der Waals surface area contributed by atoms with Gasteiger partial charge in [-0.05, 0) is 38.8 Å². The molecule has 1 aromatic heterocycles. The number of ether oxygens (including phenoxy) is 1. The average molecular weight is 397 g/mol. The van der Waals surface area contributed by atoms with Crippen molar-refractivity contribution in [2.24, 2.45) is 5.92 Å². The molecule has 1 aromatic rings. The van der Waals surface area contributed by atoms with Gasteiger partial charge < -0.3 is 9.64 Å². The Bertz CT molecular complexity index is 740. The molecular formula is C19H25F2N3O4. The van der Waals surface area contributed by atoms with Crippen LogP contribution in [0.15, 0.2) is 18.5 Å². The molecule has 0 bridgehead atoms. The lowest BCUT2D eigenvalue weighted by Crippen LogP contribution is -2.51. The van der Waals surface area contributed by atoms with Crippen LogP contribution in [0, 0.1) is 11.7 Å². The van der Waals surface area contributed by atoms with Gasteiger partial charge in [-0.3, -0.25) is 14.6 Å².